The topological polar surface area (TPSA) is 166 Å². The van der Waals surface area contributed by atoms with Crippen molar-refractivity contribution < 1.29 is 9.59 Å². The molecule has 4 aromatic heterocycles. The zero-order valence-corrected chi connectivity index (χ0v) is 39.7. The number of amides is 2. The van der Waals surface area contributed by atoms with Crippen LogP contribution in [-0.4, -0.2) is 54.6 Å². The summed E-state index contributed by atoms with van der Waals surface area (Å²) in [5.41, 5.74) is 15.7. The van der Waals surface area contributed by atoms with Crippen molar-refractivity contribution in [3.05, 3.63) is 164 Å². The van der Waals surface area contributed by atoms with Gasteiger partial charge in [-0.15, -0.1) is 34.0 Å². The maximum atomic E-state index is 14.0. The van der Waals surface area contributed by atoms with Crippen LogP contribution >= 0.6 is 45.3 Å². The molecule has 18 heteroatoms. The molecule has 2 amide bonds. The normalized spacial score (nSPS) is 19.0. The molecule has 2 saturated carbocycles. The standard InChI is InChI=1S/C50H38N12O2S4/c1-27-44(34-22-23-34)68-47(51-27)57-55-42-40(32-14-8-4-9-15-32)59-62(45(42)63)50-53-38(26-66-50)31-20-18-29(19-21-31)35-24-36(35)39-28(2)67-48(54-39)58-56-43-41(33-16-10-5-11-17-33)60-61(46(43)64)49-52-37(25-65-49)30-12-6-3-7-13-30/h3-21,25-26,34-36H,22-24H2,1-2H3,(H,51,57)(H,54,58)/b55-42-,56-43-. The molecule has 68 heavy (non-hydrogen) atoms. The van der Waals surface area contributed by atoms with Crippen LogP contribution in [0.1, 0.15) is 74.8 Å². The molecule has 2 aliphatic heterocycles. The van der Waals surface area contributed by atoms with Gasteiger partial charge in [-0.25, -0.2) is 19.9 Å². The minimum atomic E-state index is -0.370. The number of benzene rings is 4. The largest absolute Gasteiger partial charge is 0.303 e. The van der Waals surface area contributed by atoms with E-state index in [0.717, 1.165) is 56.3 Å². The van der Waals surface area contributed by atoms with Crippen molar-refractivity contribution in [2.45, 2.75) is 50.9 Å². The van der Waals surface area contributed by atoms with Gasteiger partial charge in [0.25, 0.3) is 0 Å². The summed E-state index contributed by atoms with van der Waals surface area (Å²) in [6, 6.07) is 37.5. The highest BCUT2D eigenvalue weighted by atomic mass is 32.1. The van der Waals surface area contributed by atoms with Crippen LogP contribution in [0.5, 0.6) is 0 Å². The predicted molar refractivity (Wildman–Crippen MR) is 274 cm³/mol. The Labute approximate surface area is 406 Å². The molecule has 14 nitrogen and oxygen atoms in total. The van der Waals surface area contributed by atoms with Crippen LogP contribution in [0.15, 0.2) is 146 Å². The molecular formula is C50H38N12O2S4. The predicted octanol–water partition coefficient (Wildman–Crippen LogP) is 11.0. The fourth-order valence-corrected chi connectivity index (χ4v) is 11.8. The van der Waals surface area contributed by atoms with Crippen LogP contribution in [0.4, 0.5) is 20.5 Å². The van der Waals surface area contributed by atoms with Gasteiger partial charge >= 0.3 is 11.8 Å². The van der Waals surface area contributed by atoms with Gasteiger partial charge in [0, 0.05) is 48.7 Å². The molecule has 8 aromatic rings. The van der Waals surface area contributed by atoms with Crippen molar-refractivity contribution in [2.24, 2.45) is 20.4 Å². The molecule has 2 aliphatic carbocycles. The van der Waals surface area contributed by atoms with E-state index in [1.165, 1.54) is 67.3 Å². The van der Waals surface area contributed by atoms with Crippen LogP contribution in [0.25, 0.3) is 22.5 Å². The van der Waals surface area contributed by atoms with Crippen LogP contribution in [0, 0.1) is 13.8 Å². The number of aromatic nitrogens is 4. The molecule has 2 unspecified atom stereocenters. The molecule has 2 fully saturated rings. The van der Waals surface area contributed by atoms with Gasteiger partial charge in [-0.2, -0.15) is 30.4 Å². The van der Waals surface area contributed by atoms with Crippen molar-refractivity contribution in [2.75, 3.05) is 20.9 Å². The summed E-state index contributed by atoms with van der Waals surface area (Å²) < 4.78 is 0. The van der Waals surface area contributed by atoms with Crippen LogP contribution in [-0.2, 0) is 9.59 Å². The summed E-state index contributed by atoms with van der Waals surface area (Å²) in [7, 11) is 0. The molecule has 6 heterocycles. The fraction of sp³-hybridized carbons (Fsp3) is 0.160. The Morgan fingerprint density at radius 3 is 1.60 bits per heavy atom. The maximum Gasteiger partial charge on any atom is 0.303 e. The molecule has 0 bridgehead atoms. The van der Waals surface area contributed by atoms with E-state index in [9.17, 15) is 9.59 Å². The molecule has 12 rings (SSSR count). The third-order valence-electron chi connectivity index (χ3n) is 12.1. The third-order valence-corrected chi connectivity index (χ3v) is 15.8. The number of hydrazone groups is 4. The number of aryl methyl sites for hydroxylation is 2. The van der Waals surface area contributed by atoms with Crippen LogP contribution in [0.3, 0.4) is 0 Å². The van der Waals surface area contributed by atoms with E-state index in [4.69, 9.17) is 25.2 Å². The maximum absolute atomic E-state index is 14.0. The number of carbonyl (C=O) groups is 2. The highest BCUT2D eigenvalue weighted by molar-refractivity contribution is 7.16. The average Bonchev–Trinajstić information content (AvgIpc) is 3.93. The van der Waals surface area contributed by atoms with Gasteiger partial charge in [-0.1, -0.05) is 127 Å². The molecule has 0 spiro atoms. The SMILES string of the molecule is Cc1nc(N/N=C2\C(=O)N(c3nc(-c4ccc(C5CC5c5nc(N/N=C6\C(=O)N(c7nc(-c8ccccc8)cs7)N=C6c6ccccc6)sc5C)cc4)cs3)N=C2c2ccccc2)sc1C1CC1. The Kier molecular flexibility index (Phi) is 10.7. The minimum absolute atomic E-state index is 0.186. The van der Waals surface area contributed by atoms with Crippen molar-refractivity contribution in [3.8, 4) is 22.5 Å². The van der Waals surface area contributed by atoms with E-state index < -0.39 is 0 Å². The highest BCUT2D eigenvalue weighted by Gasteiger charge is 2.43. The zero-order valence-electron chi connectivity index (χ0n) is 36.4. The lowest BCUT2D eigenvalue weighted by molar-refractivity contribution is -0.112. The number of thiazole rings is 4. The summed E-state index contributed by atoms with van der Waals surface area (Å²) in [6.45, 7) is 4.10. The Morgan fingerprint density at radius 1 is 0.574 bits per heavy atom. The number of rotatable bonds is 13. The molecule has 0 radical (unpaired) electrons. The molecule has 2 atom stereocenters. The smallest absolute Gasteiger partial charge is 0.265 e. The van der Waals surface area contributed by atoms with Crippen molar-refractivity contribution in [3.63, 3.8) is 0 Å². The van der Waals surface area contributed by atoms with Gasteiger partial charge in [0.1, 0.15) is 11.4 Å². The fourth-order valence-electron chi connectivity index (χ4n) is 8.38. The summed E-state index contributed by atoms with van der Waals surface area (Å²) in [4.78, 5) is 49.6. The van der Waals surface area contributed by atoms with Crippen molar-refractivity contribution in [1.82, 2.24) is 19.9 Å². The van der Waals surface area contributed by atoms with E-state index in [-0.39, 0.29) is 29.2 Å². The van der Waals surface area contributed by atoms with Gasteiger partial charge in [0.2, 0.25) is 20.5 Å². The van der Waals surface area contributed by atoms with Crippen molar-refractivity contribution in [1.29, 1.82) is 0 Å². The van der Waals surface area contributed by atoms with Crippen molar-refractivity contribution >= 4 is 101 Å². The van der Waals surface area contributed by atoms with Gasteiger partial charge in [0.05, 0.1) is 22.8 Å². The van der Waals surface area contributed by atoms with Crippen LogP contribution in [0.2, 0.25) is 0 Å². The monoisotopic (exact) mass is 966 g/mol. The molecule has 0 saturated heterocycles. The molecule has 4 aromatic carbocycles. The molecule has 334 valence electrons. The summed E-state index contributed by atoms with van der Waals surface area (Å²) in [6.07, 6.45) is 3.34. The van der Waals surface area contributed by atoms with Gasteiger partial charge in [0.15, 0.2) is 11.4 Å². The van der Waals surface area contributed by atoms with E-state index >= 15 is 0 Å². The van der Waals surface area contributed by atoms with Gasteiger partial charge in [-0.3, -0.25) is 20.4 Å². The van der Waals surface area contributed by atoms with Gasteiger partial charge in [-0.05, 0) is 50.5 Å². The average molecular weight is 967 g/mol. The first-order valence-corrected chi connectivity index (χ1v) is 25.4. The second-order valence-corrected chi connectivity index (χ2v) is 20.6. The highest BCUT2D eigenvalue weighted by Crippen LogP contribution is 2.56. The Balaban J connectivity index is 0.728. The Bertz CT molecular complexity index is 3370. The Morgan fingerprint density at radius 2 is 1.07 bits per heavy atom. The van der Waals surface area contributed by atoms with Crippen LogP contribution < -0.4 is 20.9 Å². The lowest BCUT2D eigenvalue weighted by Gasteiger charge is -2.06. The molecular weight excluding hydrogens is 929 g/mol. The molecule has 2 N–H and O–H groups in total. The second-order valence-electron chi connectivity index (χ2n) is 16.7. The van der Waals surface area contributed by atoms with E-state index in [1.807, 2.05) is 109 Å². The second kappa shape index (κ2) is 17.4. The summed E-state index contributed by atoms with van der Waals surface area (Å²) in [5, 5.41) is 27.4. The first-order chi connectivity index (χ1) is 33.3. The number of hydrogen-bond acceptors (Lipinski definition) is 16. The zero-order chi connectivity index (χ0) is 45.9. The number of nitrogens with zero attached hydrogens (tertiary/aromatic N) is 10. The summed E-state index contributed by atoms with van der Waals surface area (Å²) >= 11 is 5.82. The Hall–Kier alpha value is -7.38. The number of nitrogens with one attached hydrogen (secondary N) is 2. The van der Waals surface area contributed by atoms with E-state index in [0.29, 0.717) is 43.8 Å². The third kappa shape index (κ3) is 8.04. The number of anilines is 4. The lowest BCUT2D eigenvalue weighted by Crippen LogP contribution is -2.28. The lowest BCUT2D eigenvalue weighted by atomic mass is 10.0. The van der Waals surface area contributed by atoms with Gasteiger partial charge < -0.3 is 0 Å². The van der Waals surface area contributed by atoms with E-state index in [2.05, 4.69) is 57.2 Å². The molecule has 4 aliphatic rings. The van der Waals surface area contributed by atoms with E-state index in [1.54, 1.807) is 11.3 Å². The minimum Gasteiger partial charge on any atom is -0.265 e. The summed E-state index contributed by atoms with van der Waals surface area (Å²) in [5.74, 6) is 0.410. The first kappa shape index (κ1) is 42.0. The quantitative estimate of drug-likeness (QED) is 0.108. The first-order valence-electron chi connectivity index (χ1n) is 22.0. The number of hydrogen-bond donors (Lipinski definition) is 2. The number of carbonyl (C=O) groups excluding carboxylic acids is 2.